The molecule has 0 saturated carbocycles. The van der Waals surface area contributed by atoms with Gasteiger partial charge in [-0.05, 0) is 30.5 Å². The van der Waals surface area contributed by atoms with Gasteiger partial charge in [0, 0.05) is 5.92 Å². The van der Waals surface area contributed by atoms with Gasteiger partial charge in [0.15, 0.2) is 0 Å². The molecule has 0 spiro atoms. The van der Waals surface area contributed by atoms with Crippen LogP contribution in [0, 0.1) is 0 Å². The second kappa shape index (κ2) is 6.57. The van der Waals surface area contributed by atoms with Crippen LogP contribution in [0.5, 0.6) is 5.75 Å². The molecule has 0 amide bonds. The number of methoxy groups -OCH3 is 1. The lowest BCUT2D eigenvalue weighted by Crippen LogP contribution is -2.32. The highest BCUT2D eigenvalue weighted by molar-refractivity contribution is 5.92. The molecule has 4 nitrogen and oxygen atoms in total. The first kappa shape index (κ1) is 13.9. The van der Waals surface area contributed by atoms with Gasteiger partial charge < -0.3 is 14.7 Å². The summed E-state index contributed by atoms with van der Waals surface area (Å²) in [4.78, 5) is 0. The molecule has 1 aromatic carbocycles. The average Bonchev–Trinajstić information content (AvgIpc) is 2.47. The predicted molar refractivity (Wildman–Crippen MR) is 74.2 cm³/mol. The number of rotatable bonds is 4. The second-order valence-corrected chi connectivity index (χ2v) is 4.87. The highest BCUT2D eigenvalue weighted by Crippen LogP contribution is 2.31. The van der Waals surface area contributed by atoms with E-state index in [1.807, 2.05) is 24.3 Å². The van der Waals surface area contributed by atoms with E-state index in [4.69, 9.17) is 14.7 Å². The summed E-state index contributed by atoms with van der Waals surface area (Å²) in [5.41, 5.74) is 1.86. The Kier molecular flexibility index (Phi) is 4.80. The molecule has 1 aliphatic heterocycles. The summed E-state index contributed by atoms with van der Waals surface area (Å²) < 4.78 is 10.9. The normalized spacial score (nSPS) is 25.5. The Balaban J connectivity index is 2.17. The lowest BCUT2D eigenvalue weighted by molar-refractivity contribution is 0.0480. The van der Waals surface area contributed by atoms with Crippen molar-refractivity contribution in [2.24, 2.45) is 5.16 Å². The molecule has 104 valence electrons. The Hall–Kier alpha value is -1.55. The van der Waals surface area contributed by atoms with E-state index in [0.29, 0.717) is 12.3 Å². The smallest absolute Gasteiger partial charge is 0.118 e. The van der Waals surface area contributed by atoms with Crippen LogP contribution < -0.4 is 4.74 Å². The van der Waals surface area contributed by atoms with Gasteiger partial charge in [-0.25, -0.2) is 0 Å². The molecule has 1 saturated heterocycles. The molecular formula is C15H21NO3. The zero-order valence-corrected chi connectivity index (χ0v) is 11.5. The van der Waals surface area contributed by atoms with Gasteiger partial charge in [0.1, 0.15) is 5.75 Å². The van der Waals surface area contributed by atoms with E-state index in [9.17, 15) is 0 Å². The van der Waals surface area contributed by atoms with Crippen molar-refractivity contribution in [3.63, 3.8) is 0 Å². The lowest BCUT2D eigenvalue weighted by atomic mass is 9.86. The Morgan fingerprint density at radius 3 is 2.68 bits per heavy atom. The summed E-state index contributed by atoms with van der Waals surface area (Å²) in [6.07, 6.45) is 3.28. The van der Waals surface area contributed by atoms with Crippen molar-refractivity contribution in [2.45, 2.75) is 38.2 Å². The molecule has 1 aliphatic rings. The quantitative estimate of drug-likeness (QED) is 0.670. The van der Waals surface area contributed by atoms with E-state index in [2.05, 4.69) is 12.1 Å². The number of oxime groups is 1. The fourth-order valence-electron chi connectivity index (χ4n) is 2.56. The van der Waals surface area contributed by atoms with Crippen LogP contribution in [0.25, 0.3) is 0 Å². The van der Waals surface area contributed by atoms with Crippen molar-refractivity contribution < 1.29 is 14.7 Å². The van der Waals surface area contributed by atoms with Crippen LogP contribution in [0.4, 0.5) is 0 Å². The average molecular weight is 263 g/mol. The molecule has 1 heterocycles. The number of hydrogen-bond donors (Lipinski definition) is 1. The van der Waals surface area contributed by atoms with Gasteiger partial charge in [-0.2, -0.15) is 0 Å². The van der Waals surface area contributed by atoms with Crippen LogP contribution in [-0.2, 0) is 4.74 Å². The highest BCUT2D eigenvalue weighted by atomic mass is 16.5. The van der Waals surface area contributed by atoms with Crippen LogP contribution in [-0.4, -0.2) is 30.7 Å². The molecule has 2 rings (SSSR count). The number of ether oxygens (including phenoxy) is 2. The van der Waals surface area contributed by atoms with Gasteiger partial charge in [-0.15, -0.1) is 0 Å². The van der Waals surface area contributed by atoms with Crippen LogP contribution >= 0.6 is 0 Å². The summed E-state index contributed by atoms with van der Waals surface area (Å²) in [7, 11) is 1.65. The van der Waals surface area contributed by atoms with Crippen molar-refractivity contribution in [3.05, 3.63) is 29.8 Å². The SMILES string of the molecule is CCC[C@@H]1C[C@@H](c2ccc(OC)cc2)/C(=N\O)CO1. The summed E-state index contributed by atoms with van der Waals surface area (Å²) in [6.45, 7) is 2.57. The van der Waals surface area contributed by atoms with E-state index in [1.165, 1.54) is 0 Å². The van der Waals surface area contributed by atoms with Crippen molar-refractivity contribution in [2.75, 3.05) is 13.7 Å². The van der Waals surface area contributed by atoms with Gasteiger partial charge >= 0.3 is 0 Å². The van der Waals surface area contributed by atoms with E-state index < -0.39 is 0 Å². The molecular weight excluding hydrogens is 242 g/mol. The van der Waals surface area contributed by atoms with Gasteiger partial charge in [-0.3, -0.25) is 0 Å². The van der Waals surface area contributed by atoms with Gasteiger partial charge in [0.2, 0.25) is 0 Å². The van der Waals surface area contributed by atoms with Gasteiger partial charge in [-0.1, -0.05) is 30.6 Å². The molecule has 1 N–H and O–H groups in total. The summed E-state index contributed by atoms with van der Waals surface area (Å²) in [5, 5.41) is 12.5. The van der Waals surface area contributed by atoms with E-state index in [1.54, 1.807) is 7.11 Å². The van der Waals surface area contributed by atoms with E-state index in [-0.39, 0.29) is 12.0 Å². The molecule has 0 aromatic heterocycles. The highest BCUT2D eigenvalue weighted by Gasteiger charge is 2.29. The molecule has 0 aliphatic carbocycles. The molecule has 4 heteroatoms. The Morgan fingerprint density at radius 1 is 1.37 bits per heavy atom. The number of hydrogen-bond acceptors (Lipinski definition) is 4. The second-order valence-electron chi connectivity index (χ2n) is 4.87. The van der Waals surface area contributed by atoms with Crippen molar-refractivity contribution >= 4 is 5.71 Å². The molecule has 1 aromatic rings. The molecule has 0 unspecified atom stereocenters. The Morgan fingerprint density at radius 2 is 2.11 bits per heavy atom. The zero-order chi connectivity index (χ0) is 13.7. The number of benzene rings is 1. The first-order chi connectivity index (χ1) is 9.28. The minimum Gasteiger partial charge on any atom is -0.497 e. The standard InChI is InChI=1S/C15H21NO3/c1-3-4-13-9-14(15(16-17)10-19-13)11-5-7-12(18-2)8-6-11/h5-8,13-14,17H,3-4,9-10H2,1-2H3/b16-15-/t13-,14+/m1/s1. The third-order valence-corrected chi connectivity index (χ3v) is 3.63. The lowest BCUT2D eigenvalue weighted by Gasteiger charge is -2.30. The fraction of sp³-hybridized carbons (Fsp3) is 0.533. The van der Waals surface area contributed by atoms with Gasteiger partial charge in [0.25, 0.3) is 0 Å². The minimum atomic E-state index is 0.140. The third-order valence-electron chi connectivity index (χ3n) is 3.63. The maximum atomic E-state index is 9.12. The van der Waals surface area contributed by atoms with Crippen LogP contribution in [0.1, 0.15) is 37.7 Å². The number of nitrogens with zero attached hydrogens (tertiary/aromatic N) is 1. The van der Waals surface area contributed by atoms with Crippen molar-refractivity contribution in [1.29, 1.82) is 0 Å². The third kappa shape index (κ3) is 3.26. The largest absolute Gasteiger partial charge is 0.497 e. The first-order valence-corrected chi connectivity index (χ1v) is 6.74. The predicted octanol–water partition coefficient (Wildman–Crippen LogP) is 3.20. The van der Waals surface area contributed by atoms with Crippen molar-refractivity contribution in [1.82, 2.24) is 0 Å². The Bertz CT molecular complexity index is 428. The van der Waals surface area contributed by atoms with Crippen LogP contribution in [0.2, 0.25) is 0 Å². The molecule has 0 radical (unpaired) electrons. The molecule has 19 heavy (non-hydrogen) atoms. The molecule has 2 atom stereocenters. The maximum Gasteiger partial charge on any atom is 0.118 e. The minimum absolute atomic E-state index is 0.140. The van der Waals surface area contributed by atoms with Gasteiger partial charge in [0.05, 0.1) is 25.5 Å². The van der Waals surface area contributed by atoms with Crippen LogP contribution in [0.15, 0.2) is 29.4 Å². The van der Waals surface area contributed by atoms with E-state index in [0.717, 1.165) is 30.6 Å². The van der Waals surface area contributed by atoms with Crippen molar-refractivity contribution in [3.8, 4) is 5.75 Å². The molecule has 1 fully saturated rings. The maximum absolute atomic E-state index is 9.12. The van der Waals surface area contributed by atoms with E-state index >= 15 is 0 Å². The fourth-order valence-corrected chi connectivity index (χ4v) is 2.56. The monoisotopic (exact) mass is 263 g/mol. The summed E-state index contributed by atoms with van der Waals surface area (Å²) in [5.74, 6) is 0.976. The topological polar surface area (TPSA) is 51.0 Å². The molecule has 0 bridgehead atoms. The summed E-state index contributed by atoms with van der Waals surface area (Å²) in [6, 6.07) is 7.94. The first-order valence-electron chi connectivity index (χ1n) is 6.74. The summed E-state index contributed by atoms with van der Waals surface area (Å²) >= 11 is 0. The van der Waals surface area contributed by atoms with Crippen LogP contribution in [0.3, 0.4) is 0 Å². The zero-order valence-electron chi connectivity index (χ0n) is 11.5. The Labute approximate surface area is 114 Å².